The summed E-state index contributed by atoms with van der Waals surface area (Å²) in [5, 5.41) is 2.78. The van der Waals surface area contributed by atoms with Gasteiger partial charge in [0, 0.05) is 19.3 Å². The molecular formula is C13H16BrN5O. The number of nitrogens with one attached hydrogen (secondary N) is 1. The summed E-state index contributed by atoms with van der Waals surface area (Å²) in [6.07, 6.45) is 5.16. The smallest absolute Gasteiger partial charge is 0.321 e. The maximum absolute atomic E-state index is 12.1. The van der Waals surface area contributed by atoms with E-state index in [2.05, 4.69) is 37.8 Å². The van der Waals surface area contributed by atoms with Crippen LogP contribution in [-0.2, 0) is 0 Å². The SMILES string of the molecule is C=C(C)CN(CC)C(=O)Nc1cn2cc(Br)ncc2n1. The second-order valence-corrected chi connectivity index (χ2v) is 5.32. The van der Waals surface area contributed by atoms with Gasteiger partial charge in [-0.3, -0.25) is 5.32 Å². The van der Waals surface area contributed by atoms with E-state index in [0.29, 0.717) is 29.2 Å². The van der Waals surface area contributed by atoms with E-state index in [-0.39, 0.29) is 6.03 Å². The topological polar surface area (TPSA) is 62.5 Å². The fourth-order valence-corrected chi connectivity index (χ4v) is 2.10. The first-order valence-corrected chi connectivity index (χ1v) is 6.99. The minimum atomic E-state index is -0.189. The maximum atomic E-state index is 12.1. The number of carbonyl (C=O) groups is 1. The van der Waals surface area contributed by atoms with Crippen LogP contribution in [0.25, 0.3) is 5.65 Å². The molecule has 0 unspecified atom stereocenters. The van der Waals surface area contributed by atoms with Gasteiger partial charge in [-0.05, 0) is 29.8 Å². The van der Waals surface area contributed by atoms with Gasteiger partial charge < -0.3 is 9.30 Å². The molecule has 6 nitrogen and oxygen atoms in total. The molecule has 7 heteroatoms. The first-order chi connectivity index (χ1) is 9.49. The van der Waals surface area contributed by atoms with Gasteiger partial charge in [-0.1, -0.05) is 12.2 Å². The van der Waals surface area contributed by atoms with Gasteiger partial charge in [-0.2, -0.15) is 0 Å². The number of nitrogens with zero attached hydrogens (tertiary/aromatic N) is 4. The number of likely N-dealkylation sites (N-methyl/N-ethyl adjacent to an activating group) is 1. The molecule has 2 heterocycles. The number of carbonyl (C=O) groups excluding carboxylic acids is 1. The van der Waals surface area contributed by atoms with Gasteiger partial charge >= 0.3 is 6.03 Å². The molecule has 2 aromatic heterocycles. The monoisotopic (exact) mass is 337 g/mol. The molecule has 106 valence electrons. The summed E-state index contributed by atoms with van der Waals surface area (Å²) >= 11 is 3.29. The minimum absolute atomic E-state index is 0.189. The quantitative estimate of drug-likeness (QED) is 0.872. The van der Waals surface area contributed by atoms with Crippen LogP contribution in [0.2, 0.25) is 0 Å². The number of rotatable bonds is 4. The Balaban J connectivity index is 2.14. The molecule has 0 bridgehead atoms. The van der Waals surface area contributed by atoms with E-state index in [9.17, 15) is 4.79 Å². The molecule has 0 atom stereocenters. The lowest BCUT2D eigenvalue weighted by molar-refractivity contribution is 0.218. The predicted molar refractivity (Wildman–Crippen MR) is 81.8 cm³/mol. The lowest BCUT2D eigenvalue weighted by Gasteiger charge is -2.20. The maximum Gasteiger partial charge on any atom is 0.323 e. The number of hydrogen-bond donors (Lipinski definition) is 1. The zero-order valence-corrected chi connectivity index (χ0v) is 13.0. The third-order valence-corrected chi connectivity index (χ3v) is 3.08. The van der Waals surface area contributed by atoms with Crippen LogP contribution in [0.4, 0.5) is 10.6 Å². The molecule has 2 aromatic rings. The Labute approximate surface area is 125 Å². The van der Waals surface area contributed by atoms with Crippen molar-refractivity contribution in [2.45, 2.75) is 13.8 Å². The highest BCUT2D eigenvalue weighted by molar-refractivity contribution is 9.10. The van der Waals surface area contributed by atoms with Gasteiger partial charge in [0.1, 0.15) is 4.60 Å². The summed E-state index contributed by atoms with van der Waals surface area (Å²) in [6, 6.07) is -0.189. The number of amides is 2. The van der Waals surface area contributed by atoms with E-state index in [1.54, 1.807) is 27.9 Å². The molecule has 0 saturated heterocycles. The molecule has 2 rings (SSSR count). The summed E-state index contributed by atoms with van der Waals surface area (Å²) < 4.78 is 2.50. The molecule has 0 fully saturated rings. The number of anilines is 1. The van der Waals surface area contributed by atoms with Crippen LogP contribution >= 0.6 is 15.9 Å². The van der Waals surface area contributed by atoms with E-state index in [1.165, 1.54) is 0 Å². The van der Waals surface area contributed by atoms with E-state index < -0.39 is 0 Å². The Morgan fingerprint density at radius 2 is 2.30 bits per heavy atom. The molecule has 1 N–H and O–H groups in total. The molecule has 0 aliphatic carbocycles. The van der Waals surface area contributed by atoms with Gasteiger partial charge in [0.05, 0.1) is 12.4 Å². The number of urea groups is 1. The van der Waals surface area contributed by atoms with Crippen molar-refractivity contribution < 1.29 is 4.79 Å². The van der Waals surface area contributed by atoms with E-state index in [0.717, 1.165) is 5.57 Å². The molecule has 2 amide bonds. The number of halogens is 1. The van der Waals surface area contributed by atoms with Gasteiger partial charge in [0.25, 0.3) is 0 Å². The predicted octanol–water partition coefficient (Wildman–Crippen LogP) is 2.92. The highest BCUT2D eigenvalue weighted by atomic mass is 79.9. The van der Waals surface area contributed by atoms with Gasteiger partial charge in [-0.15, -0.1) is 0 Å². The van der Waals surface area contributed by atoms with Crippen LogP contribution < -0.4 is 5.32 Å². The largest absolute Gasteiger partial charge is 0.323 e. The Hall–Kier alpha value is -1.89. The van der Waals surface area contributed by atoms with Crippen LogP contribution in [0, 0.1) is 0 Å². The molecule has 20 heavy (non-hydrogen) atoms. The van der Waals surface area contributed by atoms with Crippen molar-refractivity contribution in [2.24, 2.45) is 0 Å². The molecule has 0 aliphatic rings. The van der Waals surface area contributed by atoms with E-state index >= 15 is 0 Å². The van der Waals surface area contributed by atoms with Crippen molar-refractivity contribution in [2.75, 3.05) is 18.4 Å². The molecular weight excluding hydrogens is 322 g/mol. The van der Waals surface area contributed by atoms with Gasteiger partial charge in [0.15, 0.2) is 11.5 Å². The summed E-state index contributed by atoms with van der Waals surface area (Å²) in [4.78, 5) is 22.2. The van der Waals surface area contributed by atoms with Crippen molar-refractivity contribution in [3.63, 3.8) is 0 Å². The lowest BCUT2D eigenvalue weighted by atomic mass is 10.3. The van der Waals surface area contributed by atoms with Crippen LogP contribution in [0.1, 0.15) is 13.8 Å². The summed E-state index contributed by atoms with van der Waals surface area (Å²) in [6.45, 7) is 8.78. The first-order valence-electron chi connectivity index (χ1n) is 6.20. The number of hydrogen-bond acceptors (Lipinski definition) is 3. The normalized spacial score (nSPS) is 10.6. The standard InChI is InChI=1S/C13H16BrN5O/c1-4-18(6-9(2)3)13(20)17-11-8-19-7-10(14)15-5-12(19)16-11/h5,7-8H,2,4,6H2,1,3H3,(H,17,20). The van der Waals surface area contributed by atoms with E-state index in [1.807, 2.05) is 13.8 Å². The van der Waals surface area contributed by atoms with Gasteiger partial charge in [-0.25, -0.2) is 14.8 Å². The third-order valence-electron chi connectivity index (χ3n) is 2.67. The first kappa shape index (κ1) is 14.5. The highest BCUT2D eigenvalue weighted by Crippen LogP contribution is 2.13. The van der Waals surface area contributed by atoms with Crippen molar-refractivity contribution in [3.05, 3.63) is 35.3 Å². The molecule has 0 aromatic carbocycles. The fraction of sp³-hybridized carbons (Fsp3) is 0.308. The molecule has 0 radical (unpaired) electrons. The third kappa shape index (κ3) is 3.36. The molecule has 0 saturated carbocycles. The van der Waals surface area contributed by atoms with Crippen molar-refractivity contribution in [3.8, 4) is 0 Å². The van der Waals surface area contributed by atoms with Crippen molar-refractivity contribution in [1.29, 1.82) is 0 Å². The summed E-state index contributed by atoms with van der Waals surface area (Å²) in [5.41, 5.74) is 1.61. The molecule has 0 aliphatic heterocycles. The van der Waals surface area contributed by atoms with Crippen LogP contribution in [0.5, 0.6) is 0 Å². The number of imidazole rings is 1. The van der Waals surface area contributed by atoms with Crippen molar-refractivity contribution >= 4 is 33.4 Å². The Morgan fingerprint density at radius 1 is 1.55 bits per heavy atom. The second-order valence-electron chi connectivity index (χ2n) is 4.50. The average molecular weight is 338 g/mol. The van der Waals surface area contributed by atoms with Crippen LogP contribution in [0.15, 0.2) is 35.3 Å². The van der Waals surface area contributed by atoms with Crippen LogP contribution in [0.3, 0.4) is 0 Å². The number of aromatic nitrogens is 3. The fourth-order valence-electron chi connectivity index (χ4n) is 1.78. The van der Waals surface area contributed by atoms with Crippen LogP contribution in [-0.4, -0.2) is 38.4 Å². The lowest BCUT2D eigenvalue weighted by Crippen LogP contribution is -2.35. The second kappa shape index (κ2) is 6.04. The van der Waals surface area contributed by atoms with Gasteiger partial charge in [0.2, 0.25) is 0 Å². The Kier molecular flexibility index (Phi) is 4.39. The highest BCUT2D eigenvalue weighted by Gasteiger charge is 2.13. The summed E-state index contributed by atoms with van der Waals surface area (Å²) in [5.74, 6) is 0.495. The zero-order valence-electron chi connectivity index (χ0n) is 11.4. The Morgan fingerprint density at radius 3 is 2.95 bits per heavy atom. The minimum Gasteiger partial charge on any atom is -0.321 e. The Bertz CT molecular complexity index is 651. The molecule has 0 spiro atoms. The van der Waals surface area contributed by atoms with Crippen molar-refractivity contribution in [1.82, 2.24) is 19.3 Å². The van der Waals surface area contributed by atoms with E-state index in [4.69, 9.17) is 0 Å². The summed E-state index contributed by atoms with van der Waals surface area (Å²) in [7, 11) is 0. The average Bonchev–Trinajstić information content (AvgIpc) is 2.76. The number of fused-ring (bicyclic) bond motifs is 1. The zero-order chi connectivity index (χ0) is 14.7.